The van der Waals surface area contributed by atoms with E-state index in [0.717, 1.165) is 17.7 Å². The molecule has 20 heavy (non-hydrogen) atoms. The summed E-state index contributed by atoms with van der Waals surface area (Å²) in [4.78, 5) is 20.3. The molecule has 4 nitrogen and oxygen atoms in total. The molecule has 0 bridgehead atoms. The summed E-state index contributed by atoms with van der Waals surface area (Å²) in [6, 6.07) is 5.14. The van der Waals surface area contributed by atoms with E-state index in [0.29, 0.717) is 11.3 Å². The van der Waals surface area contributed by atoms with Gasteiger partial charge >= 0.3 is 0 Å². The van der Waals surface area contributed by atoms with E-state index in [1.54, 1.807) is 12.1 Å². The van der Waals surface area contributed by atoms with Crippen LogP contribution in [0, 0.1) is 6.92 Å². The maximum absolute atomic E-state index is 12.2. The van der Waals surface area contributed by atoms with Gasteiger partial charge in [0.05, 0.1) is 11.3 Å². The van der Waals surface area contributed by atoms with Gasteiger partial charge in [0.1, 0.15) is 5.15 Å². The van der Waals surface area contributed by atoms with Crippen LogP contribution in [0.3, 0.4) is 0 Å². The SMILES string of the molecule is CCc1cc(C)c(NC(=O)c2cccnc2Cl)c(Cl)n1. The highest BCUT2D eigenvalue weighted by Gasteiger charge is 2.15. The van der Waals surface area contributed by atoms with Gasteiger partial charge in [-0.05, 0) is 37.1 Å². The number of hydrogen-bond donors (Lipinski definition) is 1. The van der Waals surface area contributed by atoms with E-state index in [-0.39, 0.29) is 16.2 Å². The van der Waals surface area contributed by atoms with Gasteiger partial charge in [-0.3, -0.25) is 4.79 Å². The first kappa shape index (κ1) is 14.8. The maximum Gasteiger partial charge on any atom is 0.258 e. The largest absolute Gasteiger partial charge is 0.319 e. The van der Waals surface area contributed by atoms with E-state index in [2.05, 4.69) is 15.3 Å². The molecule has 1 N–H and O–H groups in total. The van der Waals surface area contributed by atoms with Gasteiger partial charge in [0.15, 0.2) is 5.15 Å². The van der Waals surface area contributed by atoms with Gasteiger partial charge in [0.2, 0.25) is 0 Å². The summed E-state index contributed by atoms with van der Waals surface area (Å²) in [5.74, 6) is -0.362. The number of hydrogen-bond acceptors (Lipinski definition) is 3. The average molecular weight is 310 g/mol. The molecule has 0 aliphatic carbocycles. The van der Waals surface area contributed by atoms with Crippen molar-refractivity contribution < 1.29 is 4.79 Å². The standard InChI is InChI=1S/C14H13Cl2N3O/c1-3-9-7-8(2)11(13(16)18-9)19-14(20)10-5-4-6-17-12(10)15/h4-7H,3H2,1-2H3,(H,19,20). The third-order valence-electron chi connectivity index (χ3n) is 2.83. The minimum Gasteiger partial charge on any atom is -0.319 e. The van der Waals surface area contributed by atoms with Crippen molar-refractivity contribution in [2.45, 2.75) is 20.3 Å². The predicted octanol–water partition coefficient (Wildman–Crippen LogP) is 3.91. The number of pyridine rings is 2. The highest BCUT2D eigenvalue weighted by Crippen LogP contribution is 2.26. The Hall–Kier alpha value is -1.65. The van der Waals surface area contributed by atoms with Crippen LogP contribution in [0.15, 0.2) is 24.4 Å². The van der Waals surface area contributed by atoms with Crippen LogP contribution < -0.4 is 5.32 Å². The van der Waals surface area contributed by atoms with Gasteiger partial charge in [0, 0.05) is 11.9 Å². The van der Waals surface area contributed by atoms with Crippen molar-refractivity contribution in [3.63, 3.8) is 0 Å². The van der Waals surface area contributed by atoms with Crippen LogP contribution in [0.5, 0.6) is 0 Å². The molecule has 2 rings (SSSR count). The van der Waals surface area contributed by atoms with E-state index >= 15 is 0 Å². The fourth-order valence-electron chi connectivity index (χ4n) is 1.77. The Labute approximate surface area is 127 Å². The number of halogens is 2. The maximum atomic E-state index is 12.2. The topological polar surface area (TPSA) is 54.9 Å². The second-order valence-corrected chi connectivity index (χ2v) is 4.96. The van der Waals surface area contributed by atoms with Crippen LogP contribution in [-0.4, -0.2) is 15.9 Å². The summed E-state index contributed by atoms with van der Waals surface area (Å²) in [6.07, 6.45) is 2.30. The monoisotopic (exact) mass is 309 g/mol. The zero-order chi connectivity index (χ0) is 14.7. The zero-order valence-corrected chi connectivity index (χ0v) is 12.6. The van der Waals surface area contributed by atoms with Gasteiger partial charge in [-0.1, -0.05) is 30.1 Å². The van der Waals surface area contributed by atoms with Crippen molar-refractivity contribution in [2.75, 3.05) is 5.32 Å². The first-order valence-electron chi connectivity index (χ1n) is 6.10. The van der Waals surface area contributed by atoms with E-state index in [1.165, 1.54) is 6.20 Å². The number of nitrogens with one attached hydrogen (secondary N) is 1. The van der Waals surface area contributed by atoms with Gasteiger partial charge in [0.25, 0.3) is 5.91 Å². The minimum atomic E-state index is -0.362. The molecule has 0 aliphatic rings. The highest BCUT2D eigenvalue weighted by atomic mass is 35.5. The number of aromatic nitrogens is 2. The molecule has 0 radical (unpaired) electrons. The fraction of sp³-hybridized carbons (Fsp3) is 0.214. The van der Waals surface area contributed by atoms with E-state index in [4.69, 9.17) is 23.2 Å². The van der Waals surface area contributed by atoms with E-state index < -0.39 is 0 Å². The number of anilines is 1. The van der Waals surface area contributed by atoms with Crippen molar-refractivity contribution in [1.29, 1.82) is 0 Å². The van der Waals surface area contributed by atoms with E-state index in [1.807, 2.05) is 19.9 Å². The fourth-order valence-corrected chi connectivity index (χ4v) is 2.28. The second kappa shape index (κ2) is 6.20. The Bertz CT molecular complexity index is 636. The minimum absolute atomic E-state index is 0.150. The summed E-state index contributed by atoms with van der Waals surface area (Å²) in [7, 11) is 0. The molecule has 104 valence electrons. The quantitative estimate of drug-likeness (QED) is 0.875. The number of rotatable bonds is 3. The first-order chi connectivity index (χ1) is 9.52. The summed E-state index contributed by atoms with van der Waals surface area (Å²) in [5, 5.41) is 3.15. The molecule has 0 unspecified atom stereocenters. The van der Waals surface area contributed by atoms with Crippen LogP contribution in [0.4, 0.5) is 5.69 Å². The highest BCUT2D eigenvalue weighted by molar-refractivity contribution is 6.34. The molecular formula is C14H13Cl2N3O. The third-order valence-corrected chi connectivity index (χ3v) is 3.40. The normalized spacial score (nSPS) is 10.4. The lowest BCUT2D eigenvalue weighted by Crippen LogP contribution is -2.14. The number of aryl methyl sites for hydroxylation is 2. The number of carbonyl (C=O) groups excluding carboxylic acids is 1. The Morgan fingerprint density at radius 3 is 2.70 bits per heavy atom. The summed E-state index contributed by atoms with van der Waals surface area (Å²) < 4.78 is 0. The molecule has 2 aromatic heterocycles. The molecule has 0 atom stereocenters. The summed E-state index contributed by atoms with van der Waals surface area (Å²) in [5.41, 5.74) is 2.53. The molecule has 2 heterocycles. The zero-order valence-electron chi connectivity index (χ0n) is 11.1. The van der Waals surface area contributed by atoms with E-state index in [9.17, 15) is 4.79 Å². The van der Waals surface area contributed by atoms with Gasteiger partial charge in [-0.25, -0.2) is 9.97 Å². The van der Waals surface area contributed by atoms with Crippen LogP contribution in [-0.2, 0) is 6.42 Å². The summed E-state index contributed by atoms with van der Waals surface area (Å²) >= 11 is 12.0. The van der Waals surface area contributed by atoms with Gasteiger partial charge in [-0.2, -0.15) is 0 Å². The lowest BCUT2D eigenvalue weighted by molar-refractivity contribution is 0.102. The van der Waals surface area contributed by atoms with Crippen molar-refractivity contribution in [2.24, 2.45) is 0 Å². The Balaban J connectivity index is 2.31. The molecule has 1 amide bonds. The Morgan fingerprint density at radius 1 is 1.35 bits per heavy atom. The lowest BCUT2D eigenvalue weighted by Gasteiger charge is -2.11. The average Bonchev–Trinajstić information content (AvgIpc) is 2.42. The number of carbonyl (C=O) groups is 1. The Kier molecular flexibility index (Phi) is 4.57. The molecular weight excluding hydrogens is 297 g/mol. The van der Waals surface area contributed by atoms with Crippen molar-refractivity contribution >= 4 is 34.8 Å². The van der Waals surface area contributed by atoms with Crippen LogP contribution in [0.2, 0.25) is 10.3 Å². The van der Waals surface area contributed by atoms with Crippen LogP contribution in [0.1, 0.15) is 28.5 Å². The van der Waals surface area contributed by atoms with Crippen LogP contribution in [0.25, 0.3) is 0 Å². The lowest BCUT2D eigenvalue weighted by atomic mass is 10.2. The molecule has 2 aromatic rings. The predicted molar refractivity (Wildman–Crippen MR) is 80.6 cm³/mol. The molecule has 0 fully saturated rings. The third kappa shape index (κ3) is 3.08. The van der Waals surface area contributed by atoms with Crippen molar-refractivity contribution in [1.82, 2.24) is 9.97 Å². The van der Waals surface area contributed by atoms with Crippen LogP contribution >= 0.6 is 23.2 Å². The summed E-state index contributed by atoms with van der Waals surface area (Å²) in [6.45, 7) is 3.86. The van der Waals surface area contributed by atoms with Gasteiger partial charge in [-0.15, -0.1) is 0 Å². The number of amides is 1. The van der Waals surface area contributed by atoms with Gasteiger partial charge < -0.3 is 5.32 Å². The molecule has 0 aliphatic heterocycles. The Morgan fingerprint density at radius 2 is 2.10 bits per heavy atom. The number of nitrogens with zero attached hydrogens (tertiary/aromatic N) is 2. The van der Waals surface area contributed by atoms with Crippen molar-refractivity contribution in [3.05, 3.63) is 51.5 Å². The second-order valence-electron chi connectivity index (χ2n) is 4.25. The molecule has 0 saturated heterocycles. The molecule has 0 aromatic carbocycles. The first-order valence-corrected chi connectivity index (χ1v) is 6.86. The molecule has 6 heteroatoms. The molecule has 0 spiro atoms. The molecule has 0 saturated carbocycles. The van der Waals surface area contributed by atoms with Crippen molar-refractivity contribution in [3.8, 4) is 0 Å². The smallest absolute Gasteiger partial charge is 0.258 e.